The zero-order chi connectivity index (χ0) is 16.8. The van der Waals surface area contributed by atoms with Crippen LogP contribution in [0.15, 0.2) is 24.3 Å². The first kappa shape index (κ1) is 17.6. The van der Waals surface area contributed by atoms with Gasteiger partial charge in [-0.2, -0.15) is 0 Å². The van der Waals surface area contributed by atoms with Crippen LogP contribution in [0.1, 0.15) is 21.9 Å². The average molecular weight is 331 g/mol. The lowest BCUT2D eigenvalue weighted by molar-refractivity contribution is -0.120. The summed E-state index contributed by atoms with van der Waals surface area (Å²) in [5.74, 6) is 0.0702. The number of aromatic nitrogens is 1. The van der Waals surface area contributed by atoms with E-state index in [9.17, 15) is 4.79 Å². The molecule has 1 aromatic carbocycles. The van der Waals surface area contributed by atoms with Crippen LogP contribution in [0.25, 0.3) is 11.3 Å². The van der Waals surface area contributed by atoms with Crippen LogP contribution in [-0.4, -0.2) is 43.0 Å². The summed E-state index contributed by atoms with van der Waals surface area (Å²) in [6.45, 7) is 5.75. The number of amides is 1. The van der Waals surface area contributed by atoms with Crippen LogP contribution < -0.4 is 5.32 Å². The van der Waals surface area contributed by atoms with Crippen molar-refractivity contribution < 1.29 is 4.79 Å². The van der Waals surface area contributed by atoms with E-state index in [1.807, 2.05) is 21.0 Å². The molecule has 124 valence electrons. The Morgan fingerprint density at radius 2 is 1.91 bits per heavy atom. The number of hydrogen-bond donors (Lipinski definition) is 1. The minimum atomic E-state index is 0.0702. The van der Waals surface area contributed by atoms with Gasteiger partial charge in [0, 0.05) is 17.0 Å². The number of carbonyl (C=O) groups is 1. The third-order valence-electron chi connectivity index (χ3n) is 3.55. The van der Waals surface area contributed by atoms with E-state index in [0.717, 1.165) is 34.1 Å². The summed E-state index contributed by atoms with van der Waals surface area (Å²) in [5.41, 5.74) is 3.24. The zero-order valence-electron chi connectivity index (χ0n) is 14.3. The highest BCUT2D eigenvalue weighted by atomic mass is 32.1. The molecule has 0 bridgehead atoms. The van der Waals surface area contributed by atoms with Crippen molar-refractivity contribution in [2.24, 2.45) is 0 Å². The predicted molar refractivity (Wildman–Crippen MR) is 96.9 cm³/mol. The van der Waals surface area contributed by atoms with Gasteiger partial charge in [0.2, 0.25) is 5.91 Å². The Bertz CT molecular complexity index is 647. The standard InChI is InChI=1S/C18H25N3OS/c1-13-6-8-15(9-7-13)18-16(23-14(2)20-18)12-17(22)19-10-5-11-21(3)4/h6-9H,5,10-12H2,1-4H3,(H,19,22). The van der Waals surface area contributed by atoms with Crippen molar-refractivity contribution in [3.63, 3.8) is 0 Å². The maximum Gasteiger partial charge on any atom is 0.225 e. The largest absolute Gasteiger partial charge is 0.356 e. The van der Waals surface area contributed by atoms with Crippen molar-refractivity contribution in [1.29, 1.82) is 0 Å². The average Bonchev–Trinajstić information content (AvgIpc) is 2.85. The molecule has 2 rings (SSSR count). The maximum absolute atomic E-state index is 12.2. The smallest absolute Gasteiger partial charge is 0.225 e. The number of nitrogens with one attached hydrogen (secondary N) is 1. The summed E-state index contributed by atoms with van der Waals surface area (Å²) < 4.78 is 0. The molecule has 4 nitrogen and oxygen atoms in total. The van der Waals surface area contributed by atoms with Gasteiger partial charge in [0.25, 0.3) is 0 Å². The van der Waals surface area contributed by atoms with E-state index in [1.54, 1.807) is 11.3 Å². The third-order valence-corrected chi connectivity index (χ3v) is 4.53. The molecule has 1 N–H and O–H groups in total. The van der Waals surface area contributed by atoms with Crippen molar-refractivity contribution in [2.45, 2.75) is 26.7 Å². The van der Waals surface area contributed by atoms with Crippen LogP contribution in [0, 0.1) is 13.8 Å². The fourth-order valence-corrected chi connectivity index (χ4v) is 3.31. The number of rotatable bonds is 7. The molecular weight excluding hydrogens is 306 g/mol. The van der Waals surface area contributed by atoms with E-state index < -0.39 is 0 Å². The second kappa shape index (κ2) is 8.22. The Morgan fingerprint density at radius 1 is 1.22 bits per heavy atom. The quantitative estimate of drug-likeness (QED) is 0.793. The number of thiazole rings is 1. The normalized spacial score (nSPS) is 11.0. The molecule has 0 aliphatic carbocycles. The molecule has 1 heterocycles. The Morgan fingerprint density at radius 3 is 2.57 bits per heavy atom. The van der Waals surface area contributed by atoms with Crippen molar-refractivity contribution >= 4 is 17.2 Å². The van der Waals surface area contributed by atoms with Gasteiger partial charge < -0.3 is 10.2 Å². The van der Waals surface area contributed by atoms with Crippen LogP contribution in [-0.2, 0) is 11.2 Å². The molecule has 0 aliphatic heterocycles. The van der Waals surface area contributed by atoms with Crippen molar-refractivity contribution in [3.8, 4) is 11.3 Å². The molecule has 0 saturated heterocycles. The van der Waals surface area contributed by atoms with Gasteiger partial charge in [0.05, 0.1) is 17.1 Å². The van der Waals surface area contributed by atoms with E-state index in [-0.39, 0.29) is 5.91 Å². The molecule has 23 heavy (non-hydrogen) atoms. The lowest BCUT2D eigenvalue weighted by Crippen LogP contribution is -2.28. The van der Waals surface area contributed by atoms with E-state index >= 15 is 0 Å². The van der Waals surface area contributed by atoms with Gasteiger partial charge in [-0.25, -0.2) is 4.98 Å². The highest BCUT2D eigenvalue weighted by Gasteiger charge is 2.14. The molecular formula is C18H25N3OS. The molecule has 0 spiro atoms. The Hall–Kier alpha value is -1.72. The van der Waals surface area contributed by atoms with Gasteiger partial charge in [-0.15, -0.1) is 11.3 Å². The van der Waals surface area contributed by atoms with Crippen LogP contribution in [0.3, 0.4) is 0 Å². The minimum absolute atomic E-state index is 0.0702. The van der Waals surface area contributed by atoms with Gasteiger partial charge in [0.1, 0.15) is 0 Å². The van der Waals surface area contributed by atoms with Crippen molar-refractivity contribution in [2.75, 3.05) is 27.2 Å². The Balaban J connectivity index is 2.00. The predicted octanol–water partition coefficient (Wildman–Crippen LogP) is 3.04. The van der Waals surface area contributed by atoms with E-state index in [1.165, 1.54) is 5.56 Å². The van der Waals surface area contributed by atoms with Crippen molar-refractivity contribution in [3.05, 3.63) is 39.7 Å². The monoisotopic (exact) mass is 331 g/mol. The molecule has 0 radical (unpaired) electrons. The summed E-state index contributed by atoms with van der Waals surface area (Å²) in [5, 5.41) is 3.99. The SMILES string of the molecule is Cc1ccc(-c2nc(C)sc2CC(=O)NCCCN(C)C)cc1. The summed E-state index contributed by atoms with van der Waals surface area (Å²) in [6, 6.07) is 8.30. The topological polar surface area (TPSA) is 45.2 Å². The summed E-state index contributed by atoms with van der Waals surface area (Å²) in [6.07, 6.45) is 1.36. The first-order valence-electron chi connectivity index (χ1n) is 7.90. The first-order valence-corrected chi connectivity index (χ1v) is 8.72. The second-order valence-corrected chi connectivity index (χ2v) is 7.34. The molecule has 1 aromatic heterocycles. The summed E-state index contributed by atoms with van der Waals surface area (Å²) >= 11 is 1.61. The number of benzene rings is 1. The number of nitrogens with zero attached hydrogens (tertiary/aromatic N) is 2. The fourth-order valence-electron chi connectivity index (χ4n) is 2.36. The second-order valence-electron chi connectivity index (χ2n) is 6.05. The molecule has 0 aliphatic rings. The number of aryl methyl sites for hydroxylation is 2. The Labute approximate surface area is 142 Å². The highest BCUT2D eigenvalue weighted by molar-refractivity contribution is 7.12. The molecule has 0 atom stereocenters. The van der Waals surface area contributed by atoms with E-state index in [4.69, 9.17) is 0 Å². The number of carbonyl (C=O) groups excluding carboxylic acids is 1. The zero-order valence-corrected chi connectivity index (χ0v) is 15.2. The third kappa shape index (κ3) is 5.44. The van der Waals surface area contributed by atoms with Gasteiger partial charge in [-0.3, -0.25) is 4.79 Å². The molecule has 0 unspecified atom stereocenters. The summed E-state index contributed by atoms with van der Waals surface area (Å²) in [7, 11) is 4.07. The molecule has 0 fully saturated rings. The molecule has 5 heteroatoms. The van der Waals surface area contributed by atoms with Crippen LogP contribution in [0.4, 0.5) is 0 Å². The Kier molecular flexibility index (Phi) is 6.30. The van der Waals surface area contributed by atoms with Gasteiger partial charge in [0.15, 0.2) is 0 Å². The van der Waals surface area contributed by atoms with Gasteiger partial charge >= 0.3 is 0 Å². The highest BCUT2D eigenvalue weighted by Crippen LogP contribution is 2.28. The van der Waals surface area contributed by atoms with Crippen LogP contribution in [0.5, 0.6) is 0 Å². The lowest BCUT2D eigenvalue weighted by atomic mass is 10.1. The maximum atomic E-state index is 12.2. The minimum Gasteiger partial charge on any atom is -0.356 e. The van der Waals surface area contributed by atoms with Crippen molar-refractivity contribution in [1.82, 2.24) is 15.2 Å². The van der Waals surface area contributed by atoms with E-state index in [0.29, 0.717) is 13.0 Å². The van der Waals surface area contributed by atoms with Crippen LogP contribution in [0.2, 0.25) is 0 Å². The van der Waals surface area contributed by atoms with Gasteiger partial charge in [-0.05, 0) is 40.9 Å². The first-order chi connectivity index (χ1) is 11.0. The van der Waals surface area contributed by atoms with Gasteiger partial charge in [-0.1, -0.05) is 29.8 Å². The lowest BCUT2D eigenvalue weighted by Gasteiger charge is -2.10. The molecule has 0 saturated carbocycles. The number of hydrogen-bond acceptors (Lipinski definition) is 4. The summed E-state index contributed by atoms with van der Waals surface area (Å²) in [4.78, 5) is 19.9. The van der Waals surface area contributed by atoms with Crippen LogP contribution >= 0.6 is 11.3 Å². The van der Waals surface area contributed by atoms with E-state index in [2.05, 4.69) is 46.4 Å². The molecule has 2 aromatic rings. The molecule has 1 amide bonds. The fraction of sp³-hybridized carbons (Fsp3) is 0.444.